The Labute approximate surface area is 139 Å². The van der Waals surface area contributed by atoms with Gasteiger partial charge in [-0.15, -0.1) is 0 Å². The summed E-state index contributed by atoms with van der Waals surface area (Å²) in [6.45, 7) is 1.76. The first-order valence-corrected chi connectivity index (χ1v) is 8.50. The van der Waals surface area contributed by atoms with Crippen molar-refractivity contribution in [3.8, 4) is 11.8 Å². The highest BCUT2D eigenvalue weighted by Gasteiger charge is 2.19. The normalized spacial score (nSPS) is 20.6. The molecule has 0 heterocycles. The Morgan fingerprint density at radius 1 is 0.957 bits per heavy atom. The van der Waals surface area contributed by atoms with Crippen molar-refractivity contribution in [2.75, 3.05) is 0 Å². The van der Waals surface area contributed by atoms with Crippen LogP contribution in [0.2, 0.25) is 5.82 Å². The minimum Gasteiger partial charge on any atom is -0.205 e. The van der Waals surface area contributed by atoms with Gasteiger partial charge in [0.05, 0.1) is 5.56 Å². The molecule has 0 N–H and O–H groups in total. The second kappa shape index (κ2) is 7.05. The van der Waals surface area contributed by atoms with Crippen molar-refractivity contribution >= 4 is 7.85 Å². The standard InChI is InChI=1S/C21H22BF/c1-15-3-2-4-19(21(15)23)10-7-16-5-8-17(9-6-16)18-11-13-20(22)14-12-18/h2-6,8-9,18,20H,11-14,22H2,1H3. The minimum atomic E-state index is -0.215. The molecular weight excluding hydrogens is 282 g/mol. The topological polar surface area (TPSA) is 0 Å². The van der Waals surface area contributed by atoms with Gasteiger partial charge in [-0.25, -0.2) is 4.39 Å². The Balaban J connectivity index is 1.73. The van der Waals surface area contributed by atoms with E-state index in [1.54, 1.807) is 19.1 Å². The van der Waals surface area contributed by atoms with Crippen LogP contribution >= 0.6 is 0 Å². The van der Waals surface area contributed by atoms with Gasteiger partial charge in [-0.1, -0.05) is 54.8 Å². The average molecular weight is 304 g/mol. The van der Waals surface area contributed by atoms with E-state index in [0.29, 0.717) is 17.0 Å². The van der Waals surface area contributed by atoms with E-state index in [1.807, 2.05) is 6.07 Å². The summed E-state index contributed by atoms with van der Waals surface area (Å²) >= 11 is 0. The Kier molecular flexibility index (Phi) is 4.86. The van der Waals surface area contributed by atoms with Crippen molar-refractivity contribution in [3.63, 3.8) is 0 Å². The fourth-order valence-electron chi connectivity index (χ4n) is 3.32. The lowest BCUT2D eigenvalue weighted by molar-refractivity contribution is 0.444. The highest BCUT2D eigenvalue weighted by molar-refractivity contribution is 6.11. The predicted octanol–water partition coefficient (Wildman–Crippen LogP) is 4.61. The molecule has 0 radical (unpaired) electrons. The first-order chi connectivity index (χ1) is 11.1. The van der Waals surface area contributed by atoms with E-state index in [1.165, 1.54) is 31.2 Å². The number of hydrogen-bond donors (Lipinski definition) is 0. The summed E-state index contributed by atoms with van der Waals surface area (Å²) in [5.41, 5.74) is 3.47. The Bertz CT molecular complexity index is 729. The monoisotopic (exact) mass is 304 g/mol. The molecule has 0 aliphatic heterocycles. The van der Waals surface area contributed by atoms with Crippen LogP contribution in [0.25, 0.3) is 0 Å². The smallest absolute Gasteiger partial charge is 0.141 e. The molecule has 3 rings (SSSR count). The number of aryl methyl sites for hydroxylation is 1. The van der Waals surface area contributed by atoms with E-state index in [9.17, 15) is 4.39 Å². The van der Waals surface area contributed by atoms with Gasteiger partial charge in [0, 0.05) is 5.56 Å². The van der Waals surface area contributed by atoms with E-state index in [-0.39, 0.29) is 5.82 Å². The van der Waals surface area contributed by atoms with Gasteiger partial charge in [-0.2, -0.15) is 0 Å². The van der Waals surface area contributed by atoms with Crippen molar-refractivity contribution in [1.82, 2.24) is 0 Å². The summed E-state index contributed by atoms with van der Waals surface area (Å²) in [7, 11) is 2.35. The van der Waals surface area contributed by atoms with Crippen molar-refractivity contribution in [3.05, 3.63) is 70.5 Å². The lowest BCUT2D eigenvalue weighted by Crippen LogP contribution is -2.09. The van der Waals surface area contributed by atoms with E-state index in [0.717, 1.165) is 11.4 Å². The first kappa shape index (κ1) is 15.9. The van der Waals surface area contributed by atoms with Gasteiger partial charge in [0.1, 0.15) is 13.7 Å². The molecule has 1 fully saturated rings. The maximum absolute atomic E-state index is 13.9. The fourth-order valence-corrected chi connectivity index (χ4v) is 3.32. The molecule has 2 aromatic carbocycles. The van der Waals surface area contributed by atoms with E-state index in [4.69, 9.17) is 0 Å². The summed E-state index contributed by atoms with van der Waals surface area (Å²) in [5, 5.41) is 0. The average Bonchev–Trinajstić information content (AvgIpc) is 2.57. The van der Waals surface area contributed by atoms with Crippen molar-refractivity contribution in [2.45, 2.75) is 44.3 Å². The Hall–Kier alpha value is -2.01. The summed E-state index contributed by atoms with van der Waals surface area (Å²) in [5.74, 6) is 7.38. The maximum atomic E-state index is 13.9. The van der Waals surface area contributed by atoms with Gasteiger partial charge >= 0.3 is 0 Å². The minimum absolute atomic E-state index is 0.215. The molecule has 2 aromatic rings. The van der Waals surface area contributed by atoms with Gasteiger partial charge in [-0.05, 0) is 55.0 Å². The zero-order valence-electron chi connectivity index (χ0n) is 13.9. The molecule has 116 valence electrons. The number of hydrogen-bond acceptors (Lipinski definition) is 0. The molecule has 0 bridgehead atoms. The van der Waals surface area contributed by atoms with Gasteiger partial charge in [0.25, 0.3) is 0 Å². The van der Waals surface area contributed by atoms with Gasteiger partial charge < -0.3 is 0 Å². The van der Waals surface area contributed by atoms with Crippen LogP contribution in [0.4, 0.5) is 4.39 Å². The van der Waals surface area contributed by atoms with Crippen LogP contribution in [0, 0.1) is 24.6 Å². The van der Waals surface area contributed by atoms with Crippen molar-refractivity contribution in [2.24, 2.45) is 0 Å². The van der Waals surface area contributed by atoms with Crippen molar-refractivity contribution in [1.29, 1.82) is 0 Å². The van der Waals surface area contributed by atoms with Gasteiger partial charge in [0.2, 0.25) is 0 Å². The fraction of sp³-hybridized carbons (Fsp3) is 0.333. The van der Waals surface area contributed by atoms with E-state index in [2.05, 4.69) is 44.0 Å². The van der Waals surface area contributed by atoms with E-state index >= 15 is 0 Å². The highest BCUT2D eigenvalue weighted by atomic mass is 19.1. The third-order valence-electron chi connectivity index (χ3n) is 4.93. The highest BCUT2D eigenvalue weighted by Crippen LogP contribution is 2.36. The lowest BCUT2D eigenvalue weighted by atomic mass is 9.70. The van der Waals surface area contributed by atoms with Crippen LogP contribution in [0.3, 0.4) is 0 Å². The summed E-state index contributed by atoms with van der Waals surface area (Å²) in [6.07, 6.45) is 5.25. The molecule has 0 atom stereocenters. The van der Waals surface area contributed by atoms with Crippen LogP contribution < -0.4 is 0 Å². The molecule has 0 aromatic heterocycles. The molecule has 2 heteroatoms. The Morgan fingerprint density at radius 3 is 2.35 bits per heavy atom. The zero-order chi connectivity index (χ0) is 16.2. The van der Waals surface area contributed by atoms with Crippen LogP contribution in [-0.4, -0.2) is 7.85 Å². The third-order valence-corrected chi connectivity index (χ3v) is 4.93. The number of halogens is 1. The van der Waals surface area contributed by atoms with Gasteiger partial charge in [0.15, 0.2) is 0 Å². The van der Waals surface area contributed by atoms with Gasteiger partial charge in [-0.3, -0.25) is 0 Å². The lowest BCUT2D eigenvalue weighted by Gasteiger charge is -2.26. The first-order valence-electron chi connectivity index (χ1n) is 8.50. The molecule has 1 aliphatic carbocycles. The van der Waals surface area contributed by atoms with Crippen LogP contribution in [0.1, 0.15) is 53.9 Å². The van der Waals surface area contributed by atoms with Crippen LogP contribution in [0.15, 0.2) is 42.5 Å². The van der Waals surface area contributed by atoms with Crippen LogP contribution in [0.5, 0.6) is 0 Å². The maximum Gasteiger partial charge on any atom is 0.141 e. The molecule has 0 spiro atoms. The quantitative estimate of drug-likeness (QED) is 0.533. The van der Waals surface area contributed by atoms with Crippen LogP contribution in [-0.2, 0) is 0 Å². The summed E-state index contributed by atoms with van der Waals surface area (Å²) in [4.78, 5) is 0. The third kappa shape index (κ3) is 3.85. The summed E-state index contributed by atoms with van der Waals surface area (Å²) in [6, 6.07) is 13.8. The van der Waals surface area contributed by atoms with Crippen molar-refractivity contribution < 1.29 is 4.39 Å². The molecule has 23 heavy (non-hydrogen) atoms. The zero-order valence-corrected chi connectivity index (χ0v) is 13.9. The number of rotatable bonds is 1. The summed E-state index contributed by atoms with van der Waals surface area (Å²) < 4.78 is 13.9. The Morgan fingerprint density at radius 2 is 1.65 bits per heavy atom. The molecule has 0 nitrogen and oxygen atoms in total. The molecule has 0 unspecified atom stereocenters. The number of benzene rings is 2. The largest absolute Gasteiger partial charge is 0.205 e. The molecule has 0 saturated heterocycles. The predicted molar refractivity (Wildman–Crippen MR) is 97.1 cm³/mol. The second-order valence-corrected chi connectivity index (χ2v) is 6.77. The second-order valence-electron chi connectivity index (χ2n) is 6.77. The SMILES string of the molecule is BC1CCC(c2ccc(C#Cc3cccc(C)c3F)cc2)CC1. The van der Waals surface area contributed by atoms with E-state index < -0.39 is 0 Å². The molecular formula is C21H22BF. The molecule has 1 saturated carbocycles. The molecule has 1 aliphatic rings. The molecule has 0 amide bonds.